The maximum Gasteiger partial charge on any atom is 0.416 e. The van der Waals surface area contributed by atoms with Crippen molar-refractivity contribution < 1.29 is 45.4 Å². The van der Waals surface area contributed by atoms with Crippen molar-refractivity contribution in [3.63, 3.8) is 0 Å². The van der Waals surface area contributed by atoms with E-state index in [2.05, 4.69) is 10.3 Å². The molecule has 1 aliphatic rings. The number of amides is 2. The number of pyridine rings is 1. The number of anilines is 1. The Bertz CT molecular complexity index is 1430. The number of fused-ring (bicyclic) bond motifs is 1. The third-order valence-corrected chi connectivity index (χ3v) is 5.92. The Morgan fingerprint density at radius 1 is 0.976 bits per heavy atom. The molecule has 2 amide bonds. The lowest BCUT2D eigenvalue weighted by Crippen LogP contribution is -2.32. The van der Waals surface area contributed by atoms with E-state index in [-0.39, 0.29) is 24.1 Å². The van der Waals surface area contributed by atoms with Crippen molar-refractivity contribution in [1.29, 1.82) is 0 Å². The van der Waals surface area contributed by atoms with Crippen molar-refractivity contribution in [2.45, 2.75) is 51.8 Å². The molecule has 2 aromatic carbocycles. The minimum Gasteiger partial charge on any atom is -0.467 e. The quantitative estimate of drug-likeness (QED) is 0.334. The molecule has 0 unspecified atom stereocenters. The molecule has 7 nitrogen and oxygen atoms in total. The summed E-state index contributed by atoms with van der Waals surface area (Å²) in [7, 11) is 0. The van der Waals surface area contributed by atoms with Gasteiger partial charge in [-0.15, -0.1) is 0 Å². The van der Waals surface area contributed by atoms with Crippen LogP contribution < -0.4 is 10.1 Å². The molecule has 0 atom stereocenters. The van der Waals surface area contributed by atoms with Crippen LogP contribution >= 0.6 is 0 Å². The molecule has 0 saturated heterocycles. The van der Waals surface area contributed by atoms with Gasteiger partial charge in [-0.2, -0.15) is 26.3 Å². The second-order valence-electron chi connectivity index (χ2n) is 10.3. The Kier molecular flexibility index (Phi) is 7.92. The average molecular weight is 582 g/mol. The van der Waals surface area contributed by atoms with Crippen molar-refractivity contribution in [3.05, 3.63) is 77.0 Å². The summed E-state index contributed by atoms with van der Waals surface area (Å²) in [5, 5.41) is 2.67. The molecule has 0 bridgehead atoms. The summed E-state index contributed by atoms with van der Waals surface area (Å²) in [6.45, 7) is 3.77. The number of benzene rings is 2. The molecule has 2 heterocycles. The van der Waals surface area contributed by atoms with E-state index in [0.29, 0.717) is 34.5 Å². The van der Waals surface area contributed by atoms with Crippen molar-refractivity contribution >= 4 is 17.7 Å². The molecule has 3 aromatic rings. The van der Waals surface area contributed by atoms with E-state index in [1.165, 1.54) is 6.20 Å². The van der Waals surface area contributed by atoms with Gasteiger partial charge >= 0.3 is 18.4 Å². The average Bonchev–Trinajstić information content (AvgIpc) is 3.00. The van der Waals surface area contributed by atoms with Gasteiger partial charge in [0.2, 0.25) is 5.88 Å². The third kappa shape index (κ3) is 7.27. The Morgan fingerprint density at radius 2 is 1.61 bits per heavy atom. The van der Waals surface area contributed by atoms with Gasteiger partial charge in [-0.1, -0.05) is 18.2 Å². The van der Waals surface area contributed by atoms with Crippen LogP contribution in [-0.2, 0) is 35.0 Å². The van der Waals surface area contributed by atoms with Crippen LogP contribution in [0.25, 0.3) is 11.1 Å². The van der Waals surface area contributed by atoms with E-state index in [1.54, 1.807) is 51.1 Å². The van der Waals surface area contributed by atoms with E-state index in [1.807, 2.05) is 0 Å². The van der Waals surface area contributed by atoms with Gasteiger partial charge in [0.05, 0.1) is 23.4 Å². The number of halogens is 6. The maximum atomic E-state index is 13.4. The predicted octanol–water partition coefficient (Wildman–Crippen LogP) is 7.05. The van der Waals surface area contributed by atoms with Crippen molar-refractivity contribution in [2.75, 3.05) is 11.9 Å². The standard InChI is InChI=1S/C28H25F6N3O4/c1-26(2,3)41-25(39)36-22-7-5-4-6-20(22)19-8-9-35-24-21(19)14-37(23(38)15-40-24)13-16-10-17(27(29,30)31)12-18(11-16)28(32,33)34/h4-12H,13-15H2,1-3H3,(H,36,39). The first-order chi connectivity index (χ1) is 19.0. The first kappa shape index (κ1) is 29.7. The Hall–Kier alpha value is -4.29. The molecule has 1 aliphatic heterocycles. The molecule has 218 valence electrons. The SMILES string of the molecule is CC(C)(C)OC(=O)Nc1ccccc1-c1ccnc2c1CN(Cc1cc(C(F)(F)F)cc(C(F)(F)F)c1)C(=O)CO2. The van der Waals surface area contributed by atoms with E-state index in [4.69, 9.17) is 9.47 Å². The highest BCUT2D eigenvalue weighted by atomic mass is 19.4. The monoisotopic (exact) mass is 581 g/mol. The van der Waals surface area contributed by atoms with Crippen LogP contribution in [0.3, 0.4) is 0 Å². The van der Waals surface area contributed by atoms with Crippen molar-refractivity contribution in [3.8, 4) is 17.0 Å². The molecule has 0 aliphatic carbocycles. The number of rotatable bonds is 4. The second kappa shape index (κ2) is 10.9. The number of aromatic nitrogens is 1. The summed E-state index contributed by atoms with van der Waals surface area (Å²) >= 11 is 0. The number of alkyl halides is 6. The molecule has 0 radical (unpaired) electrons. The maximum absolute atomic E-state index is 13.4. The van der Waals surface area contributed by atoms with E-state index >= 15 is 0 Å². The number of hydrogen-bond acceptors (Lipinski definition) is 5. The number of carbonyl (C=O) groups is 2. The van der Waals surface area contributed by atoms with E-state index in [0.717, 1.165) is 4.90 Å². The molecule has 41 heavy (non-hydrogen) atoms. The summed E-state index contributed by atoms with van der Waals surface area (Å²) in [6, 6.07) is 9.47. The number of carbonyl (C=O) groups excluding carboxylic acids is 2. The number of nitrogens with one attached hydrogen (secondary N) is 1. The summed E-state index contributed by atoms with van der Waals surface area (Å²) in [5.41, 5.74) is -2.42. The van der Waals surface area contributed by atoms with Gasteiger partial charge in [0.25, 0.3) is 5.91 Å². The summed E-state index contributed by atoms with van der Waals surface area (Å²) in [6.07, 6.45) is -9.36. The largest absolute Gasteiger partial charge is 0.467 e. The second-order valence-corrected chi connectivity index (χ2v) is 10.3. The number of para-hydroxylation sites is 1. The van der Waals surface area contributed by atoms with Crippen LogP contribution in [0.5, 0.6) is 5.88 Å². The zero-order chi connectivity index (χ0) is 30.2. The number of hydrogen-bond donors (Lipinski definition) is 1. The predicted molar refractivity (Wildman–Crippen MR) is 136 cm³/mol. The van der Waals surface area contributed by atoms with Crippen LogP contribution in [0.15, 0.2) is 54.7 Å². The Balaban J connectivity index is 1.72. The minimum absolute atomic E-state index is 0.0305. The smallest absolute Gasteiger partial charge is 0.416 e. The molecule has 0 spiro atoms. The normalized spacial score (nSPS) is 14.2. The summed E-state index contributed by atoms with van der Waals surface area (Å²) in [4.78, 5) is 30.6. The lowest BCUT2D eigenvalue weighted by molar-refractivity contribution is -0.143. The molecule has 0 saturated carbocycles. The fourth-order valence-electron chi connectivity index (χ4n) is 4.22. The first-order valence-corrected chi connectivity index (χ1v) is 12.3. The zero-order valence-electron chi connectivity index (χ0n) is 22.1. The lowest BCUT2D eigenvalue weighted by Gasteiger charge is -2.23. The van der Waals surface area contributed by atoms with Crippen molar-refractivity contribution in [1.82, 2.24) is 9.88 Å². The van der Waals surface area contributed by atoms with Gasteiger partial charge < -0.3 is 14.4 Å². The topological polar surface area (TPSA) is 80.8 Å². The first-order valence-electron chi connectivity index (χ1n) is 12.3. The number of nitrogens with zero attached hydrogens (tertiary/aromatic N) is 2. The molecule has 13 heteroatoms. The molecular weight excluding hydrogens is 556 g/mol. The molecule has 1 N–H and O–H groups in total. The highest BCUT2D eigenvalue weighted by Crippen LogP contribution is 2.38. The molecule has 4 rings (SSSR count). The highest BCUT2D eigenvalue weighted by molar-refractivity contribution is 5.92. The Morgan fingerprint density at radius 3 is 2.22 bits per heavy atom. The molecular formula is C28H25F6N3O4. The summed E-state index contributed by atoms with van der Waals surface area (Å²) < 4.78 is 91.3. The van der Waals surface area contributed by atoms with Crippen LogP contribution in [0, 0.1) is 0 Å². The van der Waals surface area contributed by atoms with Gasteiger partial charge in [0.15, 0.2) is 6.61 Å². The zero-order valence-corrected chi connectivity index (χ0v) is 22.1. The van der Waals surface area contributed by atoms with Gasteiger partial charge in [0.1, 0.15) is 5.60 Å². The highest BCUT2D eigenvalue weighted by Gasteiger charge is 2.37. The fraction of sp³-hybridized carbons (Fsp3) is 0.321. The van der Waals surface area contributed by atoms with Gasteiger partial charge in [0, 0.05) is 23.9 Å². The van der Waals surface area contributed by atoms with E-state index in [9.17, 15) is 35.9 Å². The van der Waals surface area contributed by atoms with E-state index < -0.39 is 54.2 Å². The lowest BCUT2D eigenvalue weighted by atomic mass is 9.98. The van der Waals surface area contributed by atoms with Crippen LogP contribution in [0.2, 0.25) is 0 Å². The van der Waals surface area contributed by atoms with Crippen molar-refractivity contribution in [2.24, 2.45) is 0 Å². The van der Waals surface area contributed by atoms with Gasteiger partial charge in [-0.05, 0) is 62.2 Å². The van der Waals surface area contributed by atoms with Crippen LogP contribution in [0.4, 0.5) is 36.8 Å². The van der Waals surface area contributed by atoms with Crippen LogP contribution in [-0.4, -0.2) is 34.1 Å². The third-order valence-electron chi connectivity index (χ3n) is 5.92. The molecule has 0 fully saturated rings. The minimum atomic E-state index is -5.03. The van der Waals surface area contributed by atoms with Crippen LogP contribution in [0.1, 0.15) is 43.0 Å². The van der Waals surface area contributed by atoms with Gasteiger partial charge in [-0.25, -0.2) is 9.78 Å². The van der Waals surface area contributed by atoms with Gasteiger partial charge in [-0.3, -0.25) is 10.1 Å². The Labute approximate surface area is 231 Å². The fourth-order valence-corrected chi connectivity index (χ4v) is 4.22. The number of ether oxygens (including phenoxy) is 2. The summed E-state index contributed by atoms with van der Waals surface area (Å²) in [5.74, 6) is -0.606. The molecule has 1 aromatic heterocycles.